The average molecular weight is 227 g/mol. The number of nitriles is 1. The summed E-state index contributed by atoms with van der Waals surface area (Å²) in [5.74, 6) is 0. The van der Waals surface area contributed by atoms with E-state index in [0.717, 1.165) is 11.3 Å². The molecule has 1 heterocycles. The summed E-state index contributed by atoms with van der Waals surface area (Å²) in [6, 6.07) is 10.2. The Morgan fingerprint density at radius 1 is 1.41 bits per heavy atom. The average Bonchev–Trinajstić information content (AvgIpc) is 2.90. The van der Waals surface area contributed by atoms with Crippen LogP contribution in [0.3, 0.4) is 0 Å². The van der Waals surface area contributed by atoms with E-state index in [1.807, 2.05) is 31.2 Å². The molecule has 0 aliphatic heterocycles. The van der Waals surface area contributed by atoms with Gasteiger partial charge in [0.15, 0.2) is 0 Å². The fraction of sp³-hybridized carbons (Fsp3) is 0.250. The molecule has 1 atom stereocenters. The van der Waals surface area contributed by atoms with Crippen LogP contribution in [0.1, 0.15) is 18.5 Å². The third-order valence-electron chi connectivity index (χ3n) is 2.57. The second-order valence-electron chi connectivity index (χ2n) is 3.70. The van der Waals surface area contributed by atoms with Gasteiger partial charge >= 0.3 is 0 Å². The lowest BCUT2D eigenvalue weighted by Gasteiger charge is -2.12. The minimum Gasteiger partial charge on any atom is -0.298 e. The molecule has 0 aliphatic carbocycles. The van der Waals surface area contributed by atoms with Gasteiger partial charge in [0.1, 0.15) is 0 Å². The van der Waals surface area contributed by atoms with Crippen LogP contribution in [-0.2, 0) is 0 Å². The predicted octanol–water partition coefficient (Wildman–Crippen LogP) is 1.44. The zero-order chi connectivity index (χ0) is 12.1. The lowest BCUT2D eigenvalue weighted by molar-refractivity contribution is 0.621. The number of hydrogen-bond acceptors (Lipinski definition) is 4. The highest BCUT2D eigenvalue weighted by molar-refractivity contribution is 5.34. The Morgan fingerprint density at radius 2 is 2.18 bits per heavy atom. The first-order valence-corrected chi connectivity index (χ1v) is 5.38. The summed E-state index contributed by atoms with van der Waals surface area (Å²) < 4.78 is 1.71. The zero-order valence-electron chi connectivity index (χ0n) is 9.54. The molecule has 0 saturated heterocycles. The molecule has 1 N–H and O–H groups in total. The molecular formula is C12H13N5. The van der Waals surface area contributed by atoms with Gasteiger partial charge in [0.05, 0.1) is 30.7 Å². The first-order valence-electron chi connectivity index (χ1n) is 5.38. The van der Waals surface area contributed by atoms with E-state index in [2.05, 4.69) is 21.7 Å². The van der Waals surface area contributed by atoms with Gasteiger partial charge in [-0.25, -0.2) is 4.68 Å². The molecule has 0 fully saturated rings. The topological polar surface area (TPSA) is 66.5 Å². The molecule has 17 heavy (non-hydrogen) atoms. The van der Waals surface area contributed by atoms with Crippen LogP contribution in [-0.4, -0.2) is 21.5 Å². The standard InChI is InChI=1S/C12H13N5/c1-10(14-7-6-13)11-2-4-12(5-3-11)17-9-8-15-16-17/h2-5,8-10,14H,7H2,1H3/t10-/m0/s1. The highest BCUT2D eigenvalue weighted by Gasteiger charge is 2.04. The molecule has 0 aliphatic rings. The van der Waals surface area contributed by atoms with Gasteiger partial charge in [0, 0.05) is 6.04 Å². The van der Waals surface area contributed by atoms with Crippen LogP contribution in [0.4, 0.5) is 0 Å². The summed E-state index contributed by atoms with van der Waals surface area (Å²) in [5, 5.41) is 19.3. The minimum atomic E-state index is 0.166. The molecule has 2 aromatic rings. The van der Waals surface area contributed by atoms with Crippen LogP contribution < -0.4 is 5.32 Å². The summed E-state index contributed by atoms with van der Waals surface area (Å²) in [6.45, 7) is 2.38. The van der Waals surface area contributed by atoms with Gasteiger partial charge in [-0.1, -0.05) is 17.3 Å². The number of benzene rings is 1. The van der Waals surface area contributed by atoms with Crippen molar-refractivity contribution in [3.63, 3.8) is 0 Å². The molecule has 5 nitrogen and oxygen atoms in total. The maximum absolute atomic E-state index is 8.50. The Bertz CT molecular complexity index is 495. The summed E-state index contributed by atoms with van der Waals surface area (Å²) in [6.07, 6.45) is 3.44. The van der Waals surface area contributed by atoms with Crippen molar-refractivity contribution in [3.05, 3.63) is 42.2 Å². The fourth-order valence-electron chi connectivity index (χ4n) is 1.58. The van der Waals surface area contributed by atoms with E-state index in [1.54, 1.807) is 17.1 Å². The van der Waals surface area contributed by atoms with Gasteiger partial charge in [-0.05, 0) is 24.6 Å². The van der Waals surface area contributed by atoms with Crippen molar-refractivity contribution >= 4 is 0 Å². The van der Waals surface area contributed by atoms with E-state index >= 15 is 0 Å². The van der Waals surface area contributed by atoms with Crippen LogP contribution >= 0.6 is 0 Å². The molecule has 0 bridgehead atoms. The second kappa shape index (κ2) is 5.23. The molecule has 0 spiro atoms. The predicted molar refractivity (Wildman–Crippen MR) is 63.4 cm³/mol. The van der Waals surface area contributed by atoms with E-state index in [-0.39, 0.29) is 6.04 Å². The van der Waals surface area contributed by atoms with Gasteiger partial charge in [-0.15, -0.1) is 5.10 Å². The summed E-state index contributed by atoms with van der Waals surface area (Å²) in [5.41, 5.74) is 2.11. The van der Waals surface area contributed by atoms with Crippen LogP contribution in [0.5, 0.6) is 0 Å². The lowest BCUT2D eigenvalue weighted by atomic mass is 10.1. The Balaban J connectivity index is 2.11. The highest BCUT2D eigenvalue weighted by atomic mass is 15.4. The Labute approximate surface area is 99.7 Å². The largest absolute Gasteiger partial charge is 0.298 e. The first kappa shape index (κ1) is 11.3. The van der Waals surface area contributed by atoms with E-state index in [9.17, 15) is 0 Å². The maximum atomic E-state index is 8.50. The Kier molecular flexibility index (Phi) is 3.48. The summed E-state index contributed by atoms with van der Waals surface area (Å²) in [7, 11) is 0. The smallest absolute Gasteiger partial charge is 0.0845 e. The van der Waals surface area contributed by atoms with E-state index in [4.69, 9.17) is 5.26 Å². The molecule has 0 unspecified atom stereocenters. The van der Waals surface area contributed by atoms with Crippen LogP contribution in [0.15, 0.2) is 36.7 Å². The zero-order valence-corrected chi connectivity index (χ0v) is 9.54. The molecule has 2 rings (SSSR count). The van der Waals surface area contributed by atoms with Crippen molar-refractivity contribution in [2.45, 2.75) is 13.0 Å². The van der Waals surface area contributed by atoms with Crippen LogP contribution in [0.25, 0.3) is 5.69 Å². The lowest BCUT2D eigenvalue weighted by Crippen LogP contribution is -2.18. The summed E-state index contributed by atoms with van der Waals surface area (Å²) >= 11 is 0. The van der Waals surface area contributed by atoms with Crippen molar-refractivity contribution in [3.8, 4) is 11.8 Å². The van der Waals surface area contributed by atoms with E-state index in [1.165, 1.54) is 0 Å². The van der Waals surface area contributed by atoms with Crippen molar-refractivity contribution in [2.75, 3.05) is 6.54 Å². The number of hydrogen-bond donors (Lipinski definition) is 1. The van der Waals surface area contributed by atoms with E-state index < -0.39 is 0 Å². The Morgan fingerprint density at radius 3 is 2.76 bits per heavy atom. The molecule has 86 valence electrons. The molecule has 0 saturated carbocycles. The highest BCUT2D eigenvalue weighted by Crippen LogP contribution is 2.14. The van der Waals surface area contributed by atoms with Gasteiger partial charge in [-0.2, -0.15) is 5.26 Å². The van der Waals surface area contributed by atoms with Crippen molar-refractivity contribution in [2.24, 2.45) is 0 Å². The molecule has 0 radical (unpaired) electrons. The third-order valence-corrected chi connectivity index (χ3v) is 2.57. The number of nitrogens with zero attached hydrogens (tertiary/aromatic N) is 4. The second-order valence-corrected chi connectivity index (χ2v) is 3.70. The van der Waals surface area contributed by atoms with Gasteiger partial charge < -0.3 is 0 Å². The minimum absolute atomic E-state index is 0.166. The number of nitrogens with one attached hydrogen (secondary N) is 1. The van der Waals surface area contributed by atoms with Crippen molar-refractivity contribution < 1.29 is 0 Å². The van der Waals surface area contributed by atoms with Gasteiger partial charge in [-0.3, -0.25) is 5.32 Å². The molecule has 1 aromatic carbocycles. The summed E-state index contributed by atoms with van der Waals surface area (Å²) in [4.78, 5) is 0. The van der Waals surface area contributed by atoms with Crippen molar-refractivity contribution in [1.82, 2.24) is 20.3 Å². The normalized spacial score (nSPS) is 12.0. The number of aromatic nitrogens is 3. The molecule has 1 aromatic heterocycles. The van der Waals surface area contributed by atoms with Gasteiger partial charge in [0.2, 0.25) is 0 Å². The Hall–Kier alpha value is -2.19. The van der Waals surface area contributed by atoms with E-state index in [0.29, 0.717) is 6.54 Å². The SMILES string of the molecule is C[C@H](NCC#N)c1ccc(-n2ccnn2)cc1. The monoisotopic (exact) mass is 227 g/mol. The van der Waals surface area contributed by atoms with Gasteiger partial charge in [0.25, 0.3) is 0 Å². The quantitative estimate of drug-likeness (QED) is 0.803. The molecular weight excluding hydrogens is 214 g/mol. The van der Waals surface area contributed by atoms with Crippen LogP contribution in [0, 0.1) is 11.3 Å². The number of rotatable bonds is 4. The third kappa shape index (κ3) is 2.68. The maximum Gasteiger partial charge on any atom is 0.0845 e. The van der Waals surface area contributed by atoms with Crippen LogP contribution in [0.2, 0.25) is 0 Å². The fourth-order valence-corrected chi connectivity index (χ4v) is 1.58. The molecule has 0 amide bonds. The molecule has 5 heteroatoms. The van der Waals surface area contributed by atoms with Crippen molar-refractivity contribution in [1.29, 1.82) is 5.26 Å². The first-order chi connectivity index (χ1) is 8.31.